The maximum atomic E-state index is 13.6. The lowest BCUT2D eigenvalue weighted by molar-refractivity contribution is -0.114. The number of unbranched alkanes of at least 4 members (excludes halogenated alkanes) is 1. The van der Waals surface area contributed by atoms with Gasteiger partial charge in [0.15, 0.2) is 0 Å². The third-order valence-corrected chi connectivity index (χ3v) is 8.34. The van der Waals surface area contributed by atoms with Crippen LogP contribution in [0.4, 0.5) is 5.69 Å². The highest BCUT2D eigenvalue weighted by molar-refractivity contribution is 8.04. The molecule has 1 aliphatic rings. The van der Waals surface area contributed by atoms with Crippen molar-refractivity contribution in [2.45, 2.75) is 51.1 Å². The summed E-state index contributed by atoms with van der Waals surface area (Å²) >= 11 is 1.48. The summed E-state index contributed by atoms with van der Waals surface area (Å²) < 4.78 is 5.74. The van der Waals surface area contributed by atoms with E-state index in [9.17, 15) is 9.59 Å². The lowest BCUT2D eigenvalue weighted by atomic mass is 10.1. The molecule has 5 rings (SSSR count). The Morgan fingerprint density at radius 3 is 2.38 bits per heavy atom. The SMILES string of the molecule is CCCCOc1ccc(C(C)NC(=O)c2ccc(C=C3Sc4ccccc4N(Cc4ccc(C)cc4)C3=O)cc2)cc1. The normalized spacial score (nSPS) is 14.4. The van der Waals surface area contributed by atoms with E-state index < -0.39 is 0 Å². The molecule has 0 aromatic heterocycles. The van der Waals surface area contributed by atoms with Crippen molar-refractivity contribution >= 4 is 35.3 Å². The molecule has 1 atom stereocenters. The van der Waals surface area contributed by atoms with E-state index in [1.165, 1.54) is 17.3 Å². The topological polar surface area (TPSA) is 58.6 Å². The first-order valence-electron chi connectivity index (χ1n) is 14.4. The third kappa shape index (κ3) is 7.12. The van der Waals surface area contributed by atoms with E-state index in [2.05, 4.69) is 43.4 Å². The average Bonchev–Trinajstić information content (AvgIpc) is 3.01. The lowest BCUT2D eigenvalue weighted by Gasteiger charge is -2.30. The van der Waals surface area contributed by atoms with Crippen LogP contribution in [0.15, 0.2) is 107 Å². The van der Waals surface area contributed by atoms with Crippen LogP contribution in [0.1, 0.15) is 65.3 Å². The molecule has 214 valence electrons. The predicted molar refractivity (Wildman–Crippen MR) is 172 cm³/mol. The van der Waals surface area contributed by atoms with Crippen LogP contribution in [0.2, 0.25) is 0 Å². The molecular formula is C36H36N2O3S. The number of nitrogens with one attached hydrogen (secondary N) is 1. The quantitative estimate of drug-likeness (QED) is 0.152. The molecule has 5 nitrogen and oxygen atoms in total. The molecule has 0 spiro atoms. The highest BCUT2D eigenvalue weighted by atomic mass is 32.2. The number of hydrogen-bond acceptors (Lipinski definition) is 4. The van der Waals surface area contributed by atoms with Gasteiger partial charge in [-0.1, -0.05) is 91.3 Å². The maximum absolute atomic E-state index is 13.6. The number of amides is 2. The van der Waals surface area contributed by atoms with Crippen molar-refractivity contribution < 1.29 is 14.3 Å². The van der Waals surface area contributed by atoms with Crippen LogP contribution in [0, 0.1) is 6.92 Å². The fourth-order valence-electron chi connectivity index (χ4n) is 4.73. The number of thioether (sulfide) groups is 1. The zero-order valence-electron chi connectivity index (χ0n) is 24.3. The number of fused-ring (bicyclic) bond motifs is 1. The van der Waals surface area contributed by atoms with E-state index in [0.717, 1.165) is 45.9 Å². The van der Waals surface area contributed by atoms with Gasteiger partial charge in [0, 0.05) is 10.5 Å². The van der Waals surface area contributed by atoms with Crippen LogP contribution >= 0.6 is 11.8 Å². The van der Waals surface area contributed by atoms with Gasteiger partial charge >= 0.3 is 0 Å². The van der Waals surface area contributed by atoms with E-state index in [-0.39, 0.29) is 17.9 Å². The zero-order valence-corrected chi connectivity index (χ0v) is 25.1. The fraction of sp³-hybridized carbons (Fsp3) is 0.222. The van der Waals surface area contributed by atoms with Gasteiger partial charge in [-0.15, -0.1) is 0 Å². The van der Waals surface area contributed by atoms with Crippen molar-refractivity contribution in [2.75, 3.05) is 11.5 Å². The van der Waals surface area contributed by atoms with Crippen LogP contribution in [0.25, 0.3) is 6.08 Å². The molecule has 1 unspecified atom stereocenters. The van der Waals surface area contributed by atoms with Gasteiger partial charge in [0.2, 0.25) is 0 Å². The summed E-state index contributed by atoms with van der Waals surface area (Å²) in [5, 5.41) is 3.08. The van der Waals surface area contributed by atoms with Crippen molar-refractivity contribution in [1.29, 1.82) is 0 Å². The summed E-state index contributed by atoms with van der Waals surface area (Å²) in [4.78, 5) is 30.2. The Morgan fingerprint density at radius 2 is 1.67 bits per heavy atom. The number of hydrogen-bond donors (Lipinski definition) is 1. The van der Waals surface area contributed by atoms with Gasteiger partial charge in [-0.3, -0.25) is 9.59 Å². The van der Waals surface area contributed by atoms with Crippen LogP contribution in [-0.2, 0) is 11.3 Å². The Labute approximate surface area is 252 Å². The first kappa shape index (κ1) is 29.2. The van der Waals surface area contributed by atoms with Crippen LogP contribution in [0.5, 0.6) is 5.75 Å². The number of anilines is 1. The molecule has 2 amide bonds. The standard InChI is InChI=1S/C36H36N2O3S/c1-4-5-22-41-31-20-18-29(19-21-31)26(3)37-35(39)30-16-14-27(15-17-30)23-34-36(40)38(24-28-12-10-25(2)11-13-28)32-8-6-7-9-33(32)42-34/h6-21,23,26H,4-5,22,24H2,1-3H3,(H,37,39). The minimum atomic E-state index is -0.153. The van der Waals surface area contributed by atoms with Crippen molar-refractivity contribution in [3.8, 4) is 5.75 Å². The Hall–Kier alpha value is -4.29. The van der Waals surface area contributed by atoms with Crippen LogP contribution in [-0.4, -0.2) is 18.4 Å². The number of benzene rings is 4. The molecule has 4 aromatic carbocycles. The van der Waals surface area contributed by atoms with E-state index in [0.29, 0.717) is 23.6 Å². The summed E-state index contributed by atoms with van der Waals surface area (Å²) in [6.07, 6.45) is 4.03. The van der Waals surface area contributed by atoms with E-state index >= 15 is 0 Å². The molecule has 0 saturated carbocycles. The van der Waals surface area contributed by atoms with Gasteiger partial charge in [0.05, 0.1) is 29.8 Å². The van der Waals surface area contributed by atoms with Gasteiger partial charge in [0.1, 0.15) is 5.75 Å². The van der Waals surface area contributed by atoms with Crippen LogP contribution < -0.4 is 15.0 Å². The molecule has 0 bridgehead atoms. The van der Waals surface area contributed by atoms with Crippen molar-refractivity contribution in [2.24, 2.45) is 0 Å². The Morgan fingerprint density at radius 1 is 0.952 bits per heavy atom. The number of para-hydroxylation sites is 1. The molecular weight excluding hydrogens is 540 g/mol. The molecule has 1 heterocycles. The summed E-state index contributed by atoms with van der Waals surface area (Å²) in [6.45, 7) is 7.37. The van der Waals surface area contributed by atoms with Gasteiger partial charge in [0.25, 0.3) is 11.8 Å². The Kier molecular flexibility index (Phi) is 9.45. The van der Waals surface area contributed by atoms with Gasteiger partial charge < -0.3 is 15.0 Å². The maximum Gasteiger partial charge on any atom is 0.265 e. The molecule has 0 saturated heterocycles. The highest BCUT2D eigenvalue weighted by Crippen LogP contribution is 2.42. The number of aryl methyl sites for hydroxylation is 1. The number of nitrogens with zero attached hydrogens (tertiary/aromatic N) is 1. The molecule has 0 fully saturated rings. The summed E-state index contributed by atoms with van der Waals surface area (Å²) in [5.74, 6) is 0.662. The second-order valence-electron chi connectivity index (χ2n) is 10.5. The van der Waals surface area contributed by atoms with Crippen LogP contribution in [0.3, 0.4) is 0 Å². The second-order valence-corrected chi connectivity index (χ2v) is 11.6. The largest absolute Gasteiger partial charge is 0.494 e. The minimum Gasteiger partial charge on any atom is -0.494 e. The van der Waals surface area contributed by atoms with Crippen molar-refractivity contribution in [3.63, 3.8) is 0 Å². The highest BCUT2D eigenvalue weighted by Gasteiger charge is 2.29. The third-order valence-electron chi connectivity index (χ3n) is 7.26. The summed E-state index contributed by atoms with van der Waals surface area (Å²) in [5.41, 5.74) is 5.63. The van der Waals surface area contributed by atoms with E-state index in [4.69, 9.17) is 4.74 Å². The second kappa shape index (κ2) is 13.6. The van der Waals surface area contributed by atoms with Gasteiger partial charge in [-0.2, -0.15) is 0 Å². The fourth-order valence-corrected chi connectivity index (χ4v) is 5.79. The van der Waals surface area contributed by atoms with Crippen molar-refractivity contribution in [1.82, 2.24) is 5.32 Å². The molecule has 6 heteroatoms. The number of rotatable bonds is 10. The molecule has 1 aliphatic heterocycles. The van der Waals surface area contributed by atoms with Gasteiger partial charge in [-0.25, -0.2) is 0 Å². The Bertz CT molecular complexity index is 1560. The average molecular weight is 577 g/mol. The minimum absolute atomic E-state index is 0.0308. The zero-order chi connectivity index (χ0) is 29.5. The molecule has 42 heavy (non-hydrogen) atoms. The molecule has 0 aliphatic carbocycles. The first-order valence-corrected chi connectivity index (χ1v) is 15.2. The number of carbonyl (C=O) groups is 2. The first-order chi connectivity index (χ1) is 20.4. The van der Waals surface area contributed by atoms with E-state index in [1.807, 2.05) is 78.6 Å². The van der Waals surface area contributed by atoms with Gasteiger partial charge in [-0.05, 0) is 79.4 Å². The van der Waals surface area contributed by atoms with E-state index in [1.54, 1.807) is 12.1 Å². The van der Waals surface area contributed by atoms with Crippen molar-refractivity contribution in [3.05, 3.63) is 130 Å². The predicted octanol–water partition coefficient (Wildman–Crippen LogP) is 8.34. The molecule has 4 aromatic rings. The Balaban J connectivity index is 1.26. The smallest absolute Gasteiger partial charge is 0.265 e. The summed E-state index contributed by atoms with van der Waals surface area (Å²) in [7, 11) is 0. The lowest BCUT2D eigenvalue weighted by Crippen LogP contribution is -2.33. The summed E-state index contributed by atoms with van der Waals surface area (Å²) in [6, 6.07) is 31.4. The molecule has 0 radical (unpaired) electrons. The monoisotopic (exact) mass is 576 g/mol. The molecule has 1 N–H and O–H groups in total. The number of carbonyl (C=O) groups excluding carboxylic acids is 2. The number of ether oxygens (including phenoxy) is 1.